The first-order chi connectivity index (χ1) is 16.5. The summed E-state index contributed by atoms with van der Waals surface area (Å²) in [6.45, 7) is 1.51. The minimum absolute atomic E-state index is 0.194. The summed E-state index contributed by atoms with van der Waals surface area (Å²) in [7, 11) is 0. The van der Waals surface area contributed by atoms with Gasteiger partial charge in [-0.2, -0.15) is 8.78 Å². The van der Waals surface area contributed by atoms with Crippen LogP contribution in [0.25, 0.3) is 0 Å². The van der Waals surface area contributed by atoms with Gasteiger partial charge in [-0.25, -0.2) is 8.78 Å². The first-order valence-electron chi connectivity index (χ1n) is 11.0. The zero-order valence-electron chi connectivity index (χ0n) is 18.1. The lowest BCUT2D eigenvalue weighted by Crippen LogP contribution is -2.30. The Balaban J connectivity index is 0.000000142. The van der Waals surface area contributed by atoms with Gasteiger partial charge >= 0.3 is 0 Å². The van der Waals surface area contributed by atoms with Gasteiger partial charge in [0.05, 0.1) is 12.1 Å². The van der Waals surface area contributed by atoms with Gasteiger partial charge in [-0.05, 0) is 48.2 Å². The lowest BCUT2D eigenvalue weighted by atomic mass is 9.95. The van der Waals surface area contributed by atoms with Crippen molar-refractivity contribution in [3.05, 3.63) is 115 Å². The van der Waals surface area contributed by atoms with E-state index in [1.54, 1.807) is 36.4 Å². The van der Waals surface area contributed by atoms with Crippen LogP contribution in [0.2, 0.25) is 0 Å². The van der Waals surface area contributed by atoms with Crippen LogP contribution in [0.15, 0.2) is 60.7 Å². The van der Waals surface area contributed by atoms with Crippen molar-refractivity contribution in [1.82, 2.24) is 10.6 Å². The fourth-order valence-electron chi connectivity index (χ4n) is 4.55. The molecule has 2 aromatic carbocycles. The second-order valence-electron chi connectivity index (χ2n) is 8.18. The van der Waals surface area contributed by atoms with Crippen molar-refractivity contribution in [2.24, 2.45) is 0 Å². The maximum Gasteiger partial charge on any atom is 0.177 e. The summed E-state index contributed by atoms with van der Waals surface area (Å²) in [6.07, 6.45) is 1.63. The van der Waals surface area contributed by atoms with Gasteiger partial charge in [-0.15, -0.1) is 22.7 Å². The van der Waals surface area contributed by atoms with Crippen LogP contribution < -0.4 is 10.6 Å². The summed E-state index contributed by atoms with van der Waals surface area (Å²) in [5.41, 5.74) is 2.94. The highest BCUT2D eigenvalue weighted by molar-refractivity contribution is 7.10. The van der Waals surface area contributed by atoms with Crippen molar-refractivity contribution < 1.29 is 17.6 Å². The van der Waals surface area contributed by atoms with E-state index in [-0.39, 0.29) is 34.0 Å². The summed E-state index contributed by atoms with van der Waals surface area (Å²) in [4.78, 5) is 2.05. The van der Waals surface area contributed by atoms with Crippen molar-refractivity contribution in [3.8, 4) is 0 Å². The molecule has 0 amide bonds. The van der Waals surface area contributed by atoms with E-state index in [1.807, 2.05) is 0 Å². The molecule has 6 rings (SSSR count). The number of benzene rings is 2. The summed E-state index contributed by atoms with van der Waals surface area (Å²) in [5, 5.41) is 6.10. The molecule has 0 aliphatic carbocycles. The van der Waals surface area contributed by atoms with Crippen LogP contribution in [-0.4, -0.2) is 13.1 Å². The third kappa shape index (κ3) is 4.68. The van der Waals surface area contributed by atoms with Crippen LogP contribution >= 0.6 is 22.7 Å². The largest absolute Gasteiger partial charge is 0.306 e. The number of nitrogens with one attached hydrogen (secondary N) is 2. The summed E-state index contributed by atoms with van der Waals surface area (Å²) < 4.78 is 54.0. The molecule has 4 heterocycles. The molecule has 2 atom stereocenters. The third-order valence-electron chi connectivity index (χ3n) is 6.08. The molecule has 0 saturated heterocycles. The number of halogens is 4. The Kier molecular flexibility index (Phi) is 6.83. The molecular formula is C26H22F4N2S2. The molecule has 2 aromatic heterocycles. The predicted molar refractivity (Wildman–Crippen MR) is 128 cm³/mol. The van der Waals surface area contributed by atoms with Gasteiger partial charge in [0.15, 0.2) is 10.3 Å². The highest BCUT2D eigenvalue weighted by atomic mass is 32.1. The molecule has 2 nitrogen and oxygen atoms in total. The van der Waals surface area contributed by atoms with E-state index < -0.39 is 0 Å². The average molecular weight is 503 g/mol. The van der Waals surface area contributed by atoms with Crippen molar-refractivity contribution in [1.29, 1.82) is 0 Å². The number of hydrogen-bond acceptors (Lipinski definition) is 4. The number of rotatable bonds is 2. The number of hydrogen-bond donors (Lipinski definition) is 2. The second kappa shape index (κ2) is 10.00. The van der Waals surface area contributed by atoms with Gasteiger partial charge in [0.2, 0.25) is 0 Å². The molecule has 2 unspecified atom stereocenters. The van der Waals surface area contributed by atoms with E-state index in [4.69, 9.17) is 0 Å². The van der Waals surface area contributed by atoms with Gasteiger partial charge in [-0.3, -0.25) is 0 Å². The van der Waals surface area contributed by atoms with E-state index in [2.05, 4.69) is 10.6 Å². The minimum Gasteiger partial charge on any atom is -0.306 e. The third-order valence-corrected chi connectivity index (χ3v) is 8.08. The van der Waals surface area contributed by atoms with Gasteiger partial charge in [0.1, 0.15) is 11.6 Å². The monoisotopic (exact) mass is 502 g/mol. The lowest BCUT2D eigenvalue weighted by molar-refractivity contribution is 0.531. The quantitative estimate of drug-likeness (QED) is 0.305. The molecule has 2 N–H and O–H groups in total. The van der Waals surface area contributed by atoms with Crippen LogP contribution in [0.1, 0.15) is 44.1 Å². The zero-order valence-corrected chi connectivity index (χ0v) is 19.7. The molecule has 176 valence electrons. The van der Waals surface area contributed by atoms with Crippen LogP contribution in [-0.2, 0) is 12.8 Å². The van der Waals surface area contributed by atoms with Gasteiger partial charge in [-0.1, -0.05) is 36.4 Å². The highest BCUT2D eigenvalue weighted by Gasteiger charge is 2.27. The molecule has 0 radical (unpaired) electrons. The Morgan fingerprint density at radius 3 is 1.41 bits per heavy atom. The Hall–Kier alpha value is -2.52. The predicted octanol–water partition coefficient (Wildman–Crippen LogP) is 6.52. The van der Waals surface area contributed by atoms with E-state index in [0.29, 0.717) is 11.1 Å². The maximum atomic E-state index is 13.7. The fraction of sp³-hybridized carbons (Fsp3) is 0.231. The summed E-state index contributed by atoms with van der Waals surface area (Å²) >= 11 is 2.33. The van der Waals surface area contributed by atoms with Crippen molar-refractivity contribution in [3.63, 3.8) is 0 Å². The van der Waals surface area contributed by atoms with Crippen molar-refractivity contribution in [2.75, 3.05) is 13.1 Å². The summed E-state index contributed by atoms with van der Waals surface area (Å²) in [6, 6.07) is 15.9. The molecule has 0 spiro atoms. The Morgan fingerprint density at radius 1 is 0.588 bits per heavy atom. The SMILES string of the molecule is Fc1cc2c(s1)CCNC2c1ccccc1F.Fc1cc2c(s1)CCNC2c1ccccc1F. The van der Waals surface area contributed by atoms with Gasteiger partial charge < -0.3 is 10.6 Å². The van der Waals surface area contributed by atoms with Crippen LogP contribution in [0, 0.1) is 21.9 Å². The summed E-state index contributed by atoms with van der Waals surface area (Å²) in [5.74, 6) is -0.492. The number of thiophene rings is 2. The van der Waals surface area contributed by atoms with E-state index in [9.17, 15) is 17.6 Å². The second-order valence-corrected chi connectivity index (χ2v) is 10.3. The first kappa shape index (κ1) is 23.2. The molecule has 0 fully saturated rings. The highest BCUT2D eigenvalue weighted by Crippen LogP contribution is 2.35. The Bertz CT molecular complexity index is 1200. The van der Waals surface area contributed by atoms with Crippen LogP contribution in [0.5, 0.6) is 0 Å². The van der Waals surface area contributed by atoms with Gasteiger partial charge in [0, 0.05) is 34.0 Å². The van der Waals surface area contributed by atoms with Crippen LogP contribution in [0.4, 0.5) is 17.6 Å². The molecular weight excluding hydrogens is 480 g/mol. The fourth-order valence-corrected chi connectivity index (χ4v) is 6.39. The van der Waals surface area contributed by atoms with Crippen molar-refractivity contribution in [2.45, 2.75) is 24.9 Å². The van der Waals surface area contributed by atoms with E-state index in [1.165, 1.54) is 46.9 Å². The van der Waals surface area contributed by atoms with E-state index in [0.717, 1.165) is 46.8 Å². The minimum atomic E-state index is -0.246. The lowest BCUT2D eigenvalue weighted by Gasteiger charge is -2.24. The normalized spacial score (nSPS) is 19.1. The van der Waals surface area contributed by atoms with Gasteiger partial charge in [0.25, 0.3) is 0 Å². The molecule has 8 heteroatoms. The maximum absolute atomic E-state index is 13.7. The first-order valence-corrected chi connectivity index (χ1v) is 12.7. The molecule has 0 bridgehead atoms. The topological polar surface area (TPSA) is 24.1 Å². The molecule has 2 aliphatic rings. The standard InChI is InChI=1S/2C13H11F2NS/c2*14-10-4-2-1-3-8(10)13-9-7-12(15)17-11(9)5-6-16-13/h2*1-4,7,13,16H,5-6H2. The molecule has 0 saturated carbocycles. The van der Waals surface area contributed by atoms with Crippen molar-refractivity contribution >= 4 is 22.7 Å². The van der Waals surface area contributed by atoms with E-state index >= 15 is 0 Å². The Morgan fingerprint density at radius 2 is 1.00 bits per heavy atom. The Labute approximate surface area is 203 Å². The number of fused-ring (bicyclic) bond motifs is 2. The molecule has 4 aromatic rings. The average Bonchev–Trinajstić information content (AvgIpc) is 3.41. The zero-order chi connectivity index (χ0) is 23.7. The molecule has 2 aliphatic heterocycles. The molecule has 34 heavy (non-hydrogen) atoms. The smallest absolute Gasteiger partial charge is 0.177 e. The van der Waals surface area contributed by atoms with Crippen LogP contribution in [0.3, 0.4) is 0 Å².